The van der Waals surface area contributed by atoms with Crippen molar-refractivity contribution in [3.8, 4) is 17.2 Å². The highest BCUT2D eigenvalue weighted by atomic mass is 16.6. The number of hydrogen-bond acceptors (Lipinski definition) is 6. The predicted octanol–water partition coefficient (Wildman–Crippen LogP) is 4.76. The number of hydrogen-bond donors (Lipinski definition) is 0. The number of rotatable bonds is 13. The predicted molar refractivity (Wildman–Crippen MR) is 135 cm³/mol. The van der Waals surface area contributed by atoms with E-state index in [1.165, 1.54) is 0 Å². The fourth-order valence-corrected chi connectivity index (χ4v) is 4.88. The van der Waals surface area contributed by atoms with Crippen molar-refractivity contribution in [1.29, 1.82) is 0 Å². The summed E-state index contributed by atoms with van der Waals surface area (Å²) in [5.74, 6) is 2.53. The van der Waals surface area contributed by atoms with Crippen LogP contribution in [0.5, 0.6) is 17.2 Å². The second-order valence-electron chi connectivity index (χ2n) is 9.55. The summed E-state index contributed by atoms with van der Waals surface area (Å²) < 4.78 is 35.3. The van der Waals surface area contributed by atoms with Gasteiger partial charge in [-0.2, -0.15) is 0 Å². The highest BCUT2D eigenvalue weighted by Gasteiger charge is 2.42. The maximum absolute atomic E-state index is 6.36. The van der Waals surface area contributed by atoms with Gasteiger partial charge in [-0.3, -0.25) is 0 Å². The molecule has 0 amide bonds. The lowest BCUT2D eigenvalue weighted by Gasteiger charge is -2.38. The van der Waals surface area contributed by atoms with Crippen LogP contribution in [-0.4, -0.2) is 58.0 Å². The Balaban J connectivity index is 1.50. The molecule has 3 heterocycles. The van der Waals surface area contributed by atoms with Crippen molar-refractivity contribution in [1.82, 2.24) is 0 Å². The van der Waals surface area contributed by atoms with Crippen molar-refractivity contribution >= 4 is 0 Å². The van der Waals surface area contributed by atoms with E-state index >= 15 is 0 Å². The standard InChI is InChI=1S/C30H32O6/c1-2-30(24-9-3-6-12-27(24)34-18-21-15-31-21,25-10-4-7-13-28(25)35-19-22-16-32-22)26-11-5-8-14-29(26)36-20-23-17-33-23/h3-14,21-23H,2,15-20H2,1H3. The first-order valence-corrected chi connectivity index (χ1v) is 12.8. The van der Waals surface area contributed by atoms with E-state index in [0.29, 0.717) is 19.8 Å². The quantitative estimate of drug-likeness (QED) is 0.255. The Hall–Kier alpha value is -3.06. The Labute approximate surface area is 212 Å². The molecule has 6 rings (SSSR count). The normalized spacial score (nSPS) is 23.4. The minimum Gasteiger partial charge on any atom is -0.490 e. The second kappa shape index (κ2) is 10.1. The average molecular weight is 489 g/mol. The van der Waals surface area contributed by atoms with Gasteiger partial charge in [0.25, 0.3) is 0 Å². The third kappa shape index (κ3) is 4.94. The van der Waals surface area contributed by atoms with Gasteiger partial charge in [0.2, 0.25) is 0 Å². The summed E-state index contributed by atoms with van der Waals surface area (Å²) in [7, 11) is 0. The first-order valence-electron chi connectivity index (χ1n) is 12.8. The molecule has 0 radical (unpaired) electrons. The molecule has 0 N–H and O–H groups in total. The van der Waals surface area contributed by atoms with Crippen LogP contribution in [0.2, 0.25) is 0 Å². The highest BCUT2D eigenvalue weighted by Crippen LogP contribution is 2.51. The summed E-state index contributed by atoms with van der Waals surface area (Å²) in [6.07, 6.45) is 1.26. The molecule has 3 saturated heterocycles. The fourth-order valence-electron chi connectivity index (χ4n) is 4.88. The average Bonchev–Trinajstić information content (AvgIpc) is 3.77. The van der Waals surface area contributed by atoms with E-state index in [-0.39, 0.29) is 18.3 Å². The van der Waals surface area contributed by atoms with Crippen molar-refractivity contribution in [2.24, 2.45) is 0 Å². The Bertz CT molecular complexity index is 1040. The van der Waals surface area contributed by atoms with Gasteiger partial charge in [0.15, 0.2) is 0 Å². The molecule has 3 fully saturated rings. The minimum atomic E-state index is -0.580. The number of ether oxygens (including phenoxy) is 6. The topological polar surface area (TPSA) is 65.3 Å². The summed E-state index contributed by atoms with van der Waals surface area (Å²) in [4.78, 5) is 0. The molecule has 3 unspecified atom stereocenters. The van der Waals surface area contributed by atoms with Crippen LogP contribution in [0.3, 0.4) is 0 Å². The molecule has 3 aromatic rings. The summed E-state index contributed by atoms with van der Waals surface area (Å²) in [5.41, 5.74) is 2.64. The van der Waals surface area contributed by atoms with Crippen molar-refractivity contribution in [3.63, 3.8) is 0 Å². The lowest BCUT2D eigenvalue weighted by atomic mass is 9.66. The molecule has 3 aliphatic heterocycles. The molecule has 36 heavy (non-hydrogen) atoms. The van der Waals surface area contributed by atoms with E-state index in [2.05, 4.69) is 43.3 Å². The van der Waals surface area contributed by atoms with E-state index in [0.717, 1.165) is 60.2 Å². The van der Waals surface area contributed by atoms with Crippen LogP contribution in [0.4, 0.5) is 0 Å². The molecule has 6 nitrogen and oxygen atoms in total. The van der Waals surface area contributed by atoms with E-state index in [1.807, 2.05) is 36.4 Å². The molecule has 3 atom stereocenters. The summed E-state index contributed by atoms with van der Waals surface area (Å²) in [6.45, 7) is 6.06. The van der Waals surface area contributed by atoms with Crippen molar-refractivity contribution < 1.29 is 28.4 Å². The van der Waals surface area contributed by atoms with Gasteiger partial charge in [-0.1, -0.05) is 61.5 Å². The van der Waals surface area contributed by atoms with Crippen LogP contribution in [0.1, 0.15) is 30.0 Å². The van der Waals surface area contributed by atoms with E-state index < -0.39 is 5.41 Å². The lowest BCUT2D eigenvalue weighted by molar-refractivity contribution is 0.249. The Morgan fingerprint density at radius 3 is 1.17 bits per heavy atom. The van der Waals surface area contributed by atoms with E-state index in [4.69, 9.17) is 28.4 Å². The Morgan fingerprint density at radius 2 is 0.889 bits per heavy atom. The molecule has 6 heteroatoms. The second-order valence-corrected chi connectivity index (χ2v) is 9.55. The maximum atomic E-state index is 6.36. The van der Waals surface area contributed by atoms with Crippen molar-refractivity contribution in [2.75, 3.05) is 39.6 Å². The van der Waals surface area contributed by atoms with Gasteiger partial charge in [0, 0.05) is 16.7 Å². The van der Waals surface area contributed by atoms with Crippen molar-refractivity contribution in [3.05, 3.63) is 89.5 Å². The van der Waals surface area contributed by atoms with Gasteiger partial charge in [-0.15, -0.1) is 0 Å². The van der Waals surface area contributed by atoms with Gasteiger partial charge in [-0.25, -0.2) is 0 Å². The Morgan fingerprint density at radius 1 is 0.583 bits per heavy atom. The van der Waals surface area contributed by atoms with Gasteiger partial charge < -0.3 is 28.4 Å². The van der Waals surface area contributed by atoms with Crippen LogP contribution in [-0.2, 0) is 19.6 Å². The zero-order valence-corrected chi connectivity index (χ0v) is 20.6. The first kappa shape index (κ1) is 23.3. The molecule has 3 aliphatic rings. The molecular weight excluding hydrogens is 456 g/mol. The largest absolute Gasteiger partial charge is 0.490 e. The third-order valence-corrected chi connectivity index (χ3v) is 7.05. The van der Waals surface area contributed by atoms with Crippen LogP contribution in [0.25, 0.3) is 0 Å². The van der Waals surface area contributed by atoms with Crippen LogP contribution in [0.15, 0.2) is 72.8 Å². The third-order valence-electron chi connectivity index (χ3n) is 7.05. The van der Waals surface area contributed by atoms with Gasteiger partial charge in [0.05, 0.1) is 25.2 Å². The van der Waals surface area contributed by atoms with Gasteiger partial charge in [-0.05, 0) is 24.6 Å². The van der Waals surface area contributed by atoms with E-state index in [1.54, 1.807) is 0 Å². The zero-order valence-electron chi connectivity index (χ0n) is 20.6. The smallest absolute Gasteiger partial charge is 0.123 e. The molecule has 0 saturated carbocycles. The molecule has 0 bridgehead atoms. The molecule has 0 spiro atoms. The zero-order chi connectivity index (χ0) is 24.4. The lowest BCUT2D eigenvalue weighted by Crippen LogP contribution is -2.31. The molecule has 0 aromatic heterocycles. The van der Waals surface area contributed by atoms with Crippen LogP contribution < -0.4 is 14.2 Å². The van der Waals surface area contributed by atoms with Crippen LogP contribution in [0, 0.1) is 0 Å². The van der Waals surface area contributed by atoms with Gasteiger partial charge in [0.1, 0.15) is 55.4 Å². The minimum absolute atomic E-state index is 0.164. The van der Waals surface area contributed by atoms with Crippen LogP contribution >= 0.6 is 0 Å². The number of epoxide rings is 3. The SMILES string of the molecule is CCC(c1ccccc1OCC1CO1)(c1ccccc1OCC1CO1)c1ccccc1OCC1CO1. The fraction of sp³-hybridized carbons (Fsp3) is 0.400. The Kier molecular flexibility index (Phi) is 6.57. The number of para-hydroxylation sites is 3. The van der Waals surface area contributed by atoms with Gasteiger partial charge >= 0.3 is 0 Å². The van der Waals surface area contributed by atoms with Crippen molar-refractivity contribution in [2.45, 2.75) is 37.1 Å². The molecule has 0 aliphatic carbocycles. The highest BCUT2D eigenvalue weighted by molar-refractivity contribution is 5.62. The molecular formula is C30H32O6. The maximum Gasteiger partial charge on any atom is 0.123 e. The monoisotopic (exact) mass is 488 g/mol. The summed E-state index contributed by atoms with van der Waals surface area (Å²) in [6, 6.07) is 24.9. The molecule has 3 aromatic carbocycles. The number of benzene rings is 3. The summed E-state index contributed by atoms with van der Waals surface area (Å²) >= 11 is 0. The first-order chi connectivity index (χ1) is 17.8. The summed E-state index contributed by atoms with van der Waals surface area (Å²) in [5, 5.41) is 0. The molecule has 188 valence electrons. The van der Waals surface area contributed by atoms with E-state index in [9.17, 15) is 0 Å².